The molecule has 6 nitrogen and oxygen atoms in total. The number of carbonyl (C=O) groups is 1. The lowest BCUT2D eigenvalue weighted by molar-refractivity contribution is 0.192. The summed E-state index contributed by atoms with van der Waals surface area (Å²) in [5.41, 5.74) is 5.71. The van der Waals surface area contributed by atoms with Crippen LogP contribution in [-0.2, 0) is 0 Å². The smallest absolute Gasteiger partial charge is 0.321 e. The van der Waals surface area contributed by atoms with E-state index < -0.39 is 5.82 Å². The van der Waals surface area contributed by atoms with E-state index in [-0.39, 0.29) is 23.5 Å². The maximum atomic E-state index is 13.4. The molecule has 1 aliphatic heterocycles. The van der Waals surface area contributed by atoms with E-state index in [2.05, 4.69) is 10.5 Å². The third kappa shape index (κ3) is 3.17. The van der Waals surface area contributed by atoms with Crippen molar-refractivity contribution < 1.29 is 14.4 Å². The Labute approximate surface area is 116 Å². The van der Waals surface area contributed by atoms with Gasteiger partial charge in [-0.1, -0.05) is 17.3 Å². The molecule has 1 heterocycles. The number of hydrogen-bond donors (Lipinski definition) is 3. The highest BCUT2D eigenvalue weighted by atomic mass is 19.1. The highest BCUT2D eigenvalue weighted by Crippen LogP contribution is 2.19. The SMILES string of the molecule is NC(=NO)C1CCN(C(=O)Nc2ccccc2F)CC1. The Balaban J connectivity index is 1.91. The zero-order chi connectivity index (χ0) is 14.5. The lowest BCUT2D eigenvalue weighted by atomic mass is 9.96. The number of carbonyl (C=O) groups excluding carboxylic acids is 1. The number of piperidine rings is 1. The van der Waals surface area contributed by atoms with Gasteiger partial charge < -0.3 is 21.2 Å². The van der Waals surface area contributed by atoms with Gasteiger partial charge in [-0.2, -0.15) is 0 Å². The number of amides is 2. The molecule has 0 unspecified atom stereocenters. The molecular formula is C13H17FN4O2. The van der Waals surface area contributed by atoms with Crippen LogP contribution in [0.25, 0.3) is 0 Å². The first-order valence-corrected chi connectivity index (χ1v) is 6.39. The monoisotopic (exact) mass is 280 g/mol. The van der Waals surface area contributed by atoms with Crippen LogP contribution in [0.1, 0.15) is 12.8 Å². The number of para-hydroxylation sites is 1. The number of oxime groups is 1. The second kappa shape index (κ2) is 6.23. The van der Waals surface area contributed by atoms with E-state index in [4.69, 9.17) is 10.9 Å². The highest BCUT2D eigenvalue weighted by Gasteiger charge is 2.25. The fraction of sp³-hybridized carbons (Fsp3) is 0.385. The van der Waals surface area contributed by atoms with Crippen LogP contribution in [0, 0.1) is 11.7 Å². The third-order valence-corrected chi connectivity index (χ3v) is 3.43. The number of urea groups is 1. The Morgan fingerprint density at radius 2 is 2.05 bits per heavy atom. The normalized spacial score (nSPS) is 17.1. The zero-order valence-electron chi connectivity index (χ0n) is 10.9. The van der Waals surface area contributed by atoms with Gasteiger partial charge in [-0.05, 0) is 25.0 Å². The fourth-order valence-electron chi connectivity index (χ4n) is 2.22. The molecule has 1 saturated heterocycles. The summed E-state index contributed by atoms with van der Waals surface area (Å²) >= 11 is 0. The van der Waals surface area contributed by atoms with Gasteiger partial charge >= 0.3 is 6.03 Å². The van der Waals surface area contributed by atoms with Gasteiger partial charge in [0.1, 0.15) is 11.7 Å². The van der Waals surface area contributed by atoms with E-state index in [9.17, 15) is 9.18 Å². The standard InChI is InChI=1S/C13H17FN4O2/c14-10-3-1-2-4-11(10)16-13(19)18-7-5-9(6-8-18)12(15)17-20/h1-4,9,20H,5-8H2,(H2,15,17)(H,16,19). The number of hydrogen-bond acceptors (Lipinski definition) is 3. The Morgan fingerprint density at radius 1 is 1.40 bits per heavy atom. The number of nitrogens with one attached hydrogen (secondary N) is 1. The number of rotatable bonds is 2. The maximum Gasteiger partial charge on any atom is 0.321 e. The molecule has 1 aromatic rings. The van der Waals surface area contributed by atoms with E-state index in [0.29, 0.717) is 25.9 Å². The predicted octanol–water partition coefficient (Wildman–Crippen LogP) is 1.82. The molecule has 0 spiro atoms. The molecule has 108 valence electrons. The fourth-order valence-corrected chi connectivity index (χ4v) is 2.22. The van der Waals surface area contributed by atoms with Crippen molar-refractivity contribution >= 4 is 17.6 Å². The first kappa shape index (κ1) is 14.1. The van der Waals surface area contributed by atoms with E-state index in [1.165, 1.54) is 12.1 Å². The second-order valence-corrected chi connectivity index (χ2v) is 4.70. The molecule has 1 fully saturated rings. The summed E-state index contributed by atoms with van der Waals surface area (Å²) in [6, 6.07) is 5.68. The van der Waals surface area contributed by atoms with Gasteiger partial charge in [0.25, 0.3) is 0 Å². The lowest BCUT2D eigenvalue weighted by Gasteiger charge is -2.31. The van der Waals surface area contributed by atoms with Crippen molar-refractivity contribution in [3.63, 3.8) is 0 Å². The number of nitrogens with zero attached hydrogens (tertiary/aromatic N) is 2. The summed E-state index contributed by atoms with van der Waals surface area (Å²) in [5, 5.41) is 14.1. The van der Waals surface area contributed by atoms with Crippen LogP contribution in [0.4, 0.5) is 14.9 Å². The minimum absolute atomic E-state index is 0.0162. The first-order valence-electron chi connectivity index (χ1n) is 6.39. The second-order valence-electron chi connectivity index (χ2n) is 4.70. The van der Waals surface area contributed by atoms with Crippen molar-refractivity contribution in [3.05, 3.63) is 30.1 Å². The molecule has 2 rings (SSSR count). The van der Waals surface area contributed by atoms with E-state index in [0.717, 1.165) is 0 Å². The van der Waals surface area contributed by atoms with Gasteiger partial charge in [0.2, 0.25) is 0 Å². The van der Waals surface area contributed by atoms with Crippen LogP contribution in [-0.4, -0.2) is 35.1 Å². The average molecular weight is 280 g/mol. The van der Waals surface area contributed by atoms with Crippen LogP contribution in [0.2, 0.25) is 0 Å². The molecule has 0 atom stereocenters. The van der Waals surface area contributed by atoms with E-state index >= 15 is 0 Å². The van der Waals surface area contributed by atoms with Crippen molar-refractivity contribution in [2.75, 3.05) is 18.4 Å². The van der Waals surface area contributed by atoms with Crippen molar-refractivity contribution in [3.8, 4) is 0 Å². The Bertz CT molecular complexity index is 513. The Kier molecular flexibility index (Phi) is 4.39. The van der Waals surface area contributed by atoms with Crippen LogP contribution in [0.3, 0.4) is 0 Å². The number of halogens is 1. The molecule has 0 saturated carbocycles. The first-order chi connectivity index (χ1) is 9.61. The van der Waals surface area contributed by atoms with Crippen molar-refractivity contribution in [1.29, 1.82) is 0 Å². The summed E-state index contributed by atoms with van der Waals surface area (Å²) < 4.78 is 13.4. The molecule has 7 heteroatoms. The Hall–Kier alpha value is -2.31. The van der Waals surface area contributed by atoms with Crippen LogP contribution < -0.4 is 11.1 Å². The molecule has 2 amide bonds. The summed E-state index contributed by atoms with van der Waals surface area (Å²) in [6.45, 7) is 0.975. The minimum atomic E-state index is -0.465. The third-order valence-electron chi connectivity index (χ3n) is 3.43. The minimum Gasteiger partial charge on any atom is -0.409 e. The van der Waals surface area contributed by atoms with Gasteiger partial charge in [0.15, 0.2) is 0 Å². The predicted molar refractivity (Wildman–Crippen MR) is 73.1 cm³/mol. The molecule has 1 aliphatic rings. The molecule has 0 radical (unpaired) electrons. The van der Waals surface area contributed by atoms with Gasteiger partial charge in [-0.15, -0.1) is 0 Å². The highest BCUT2D eigenvalue weighted by molar-refractivity contribution is 5.89. The van der Waals surface area contributed by atoms with Gasteiger partial charge in [0.05, 0.1) is 5.69 Å². The number of nitrogens with two attached hydrogens (primary N) is 1. The molecular weight excluding hydrogens is 263 g/mol. The quantitative estimate of drug-likeness (QED) is 0.334. The van der Waals surface area contributed by atoms with Crippen LogP contribution >= 0.6 is 0 Å². The molecule has 1 aromatic carbocycles. The van der Waals surface area contributed by atoms with Crippen LogP contribution in [0.15, 0.2) is 29.4 Å². The molecule has 0 aromatic heterocycles. The molecule has 4 N–H and O–H groups in total. The van der Waals surface area contributed by atoms with E-state index in [1.54, 1.807) is 17.0 Å². The Morgan fingerprint density at radius 3 is 2.65 bits per heavy atom. The number of likely N-dealkylation sites (tertiary alicyclic amines) is 1. The largest absolute Gasteiger partial charge is 0.409 e. The summed E-state index contributed by atoms with van der Waals surface area (Å²) in [7, 11) is 0. The van der Waals surface area contributed by atoms with Crippen molar-refractivity contribution in [2.45, 2.75) is 12.8 Å². The maximum absolute atomic E-state index is 13.4. The van der Waals surface area contributed by atoms with Gasteiger partial charge in [-0.3, -0.25) is 0 Å². The van der Waals surface area contributed by atoms with Crippen molar-refractivity contribution in [2.24, 2.45) is 16.8 Å². The summed E-state index contributed by atoms with van der Waals surface area (Å²) in [6.07, 6.45) is 1.25. The molecule has 20 heavy (non-hydrogen) atoms. The number of benzene rings is 1. The molecule has 0 aliphatic carbocycles. The average Bonchev–Trinajstić information content (AvgIpc) is 2.49. The number of amidine groups is 1. The zero-order valence-corrected chi connectivity index (χ0v) is 10.9. The van der Waals surface area contributed by atoms with Gasteiger partial charge in [-0.25, -0.2) is 9.18 Å². The summed E-state index contributed by atoms with van der Waals surface area (Å²) in [4.78, 5) is 13.6. The van der Waals surface area contributed by atoms with Gasteiger partial charge in [0, 0.05) is 19.0 Å². The van der Waals surface area contributed by atoms with Crippen LogP contribution in [0.5, 0.6) is 0 Å². The summed E-state index contributed by atoms with van der Waals surface area (Å²) in [5.74, 6) is -0.288. The topological polar surface area (TPSA) is 91.0 Å². The lowest BCUT2D eigenvalue weighted by Crippen LogP contribution is -2.43. The van der Waals surface area contributed by atoms with E-state index in [1.807, 2.05) is 0 Å². The van der Waals surface area contributed by atoms with Crippen molar-refractivity contribution in [1.82, 2.24) is 4.90 Å². The molecule has 0 bridgehead atoms. The number of anilines is 1.